The number of rotatable bonds is 2. The van der Waals surface area contributed by atoms with E-state index in [1.807, 2.05) is 0 Å². The van der Waals surface area contributed by atoms with Crippen molar-refractivity contribution in [2.24, 2.45) is 0 Å². The Kier molecular flexibility index (Phi) is 3.43. The first-order valence-corrected chi connectivity index (χ1v) is 5.12. The predicted octanol–water partition coefficient (Wildman–Crippen LogP) is 1.58. The molecule has 1 rings (SSSR count). The molecule has 0 spiro atoms. The molecule has 0 aliphatic heterocycles. The number of amides is 1. The van der Waals surface area contributed by atoms with Crippen LogP contribution < -0.4 is 5.32 Å². The van der Waals surface area contributed by atoms with Crippen LogP contribution in [0.25, 0.3) is 0 Å². The van der Waals surface area contributed by atoms with Gasteiger partial charge in [-0.3, -0.25) is 5.32 Å². The highest BCUT2D eigenvalue weighted by atomic mass is 32.1. The van der Waals surface area contributed by atoms with Gasteiger partial charge in [-0.1, -0.05) is 0 Å². The molecule has 0 aromatic carbocycles. The lowest BCUT2D eigenvalue weighted by molar-refractivity contribution is 0.0631. The van der Waals surface area contributed by atoms with Gasteiger partial charge in [-0.25, -0.2) is 9.59 Å². The summed E-state index contributed by atoms with van der Waals surface area (Å²) in [6.45, 7) is 5.15. The molecule has 0 saturated heterocycles. The first kappa shape index (κ1) is 12.4. The van der Waals surface area contributed by atoms with Crippen LogP contribution in [0.2, 0.25) is 0 Å². The number of nitrogens with one attached hydrogen (secondary N) is 1. The van der Waals surface area contributed by atoms with E-state index in [9.17, 15) is 9.59 Å². The molecule has 88 valence electrons. The van der Waals surface area contributed by atoms with Crippen molar-refractivity contribution < 1.29 is 19.4 Å². The fraction of sp³-hybridized carbons (Fsp3) is 0.500. The smallest absolute Gasteiger partial charge is 0.414 e. The average Bonchev–Trinajstić information content (AvgIpc) is 2.48. The molecule has 0 aliphatic carbocycles. The number of carbonyl (C=O) groups excluding carboxylic acids is 1. The number of anilines is 1. The third-order valence-electron chi connectivity index (χ3n) is 1.23. The predicted molar refractivity (Wildman–Crippen MR) is 56.7 cm³/mol. The molecule has 1 aromatic rings. The average molecular weight is 245 g/mol. The molecule has 1 heterocycles. The Morgan fingerprint density at radius 3 is 2.50 bits per heavy atom. The lowest BCUT2D eigenvalue weighted by atomic mass is 10.2. The SMILES string of the molecule is CC(C)(C)OC(=O)Nc1nc(C(=O)O)ns1. The highest BCUT2D eigenvalue weighted by molar-refractivity contribution is 7.10. The van der Waals surface area contributed by atoms with Crippen LogP contribution in [0.4, 0.5) is 9.93 Å². The topological polar surface area (TPSA) is 101 Å². The minimum atomic E-state index is -1.24. The van der Waals surface area contributed by atoms with Crippen LogP contribution in [-0.2, 0) is 4.74 Å². The molecule has 0 radical (unpaired) electrons. The molecule has 1 amide bonds. The molecule has 0 atom stereocenters. The summed E-state index contributed by atoms with van der Waals surface area (Å²) < 4.78 is 8.48. The number of carboxylic acid groups (broad SMARTS) is 1. The van der Waals surface area contributed by atoms with Gasteiger partial charge in [0.05, 0.1) is 0 Å². The van der Waals surface area contributed by atoms with E-state index in [1.54, 1.807) is 20.8 Å². The summed E-state index contributed by atoms with van der Waals surface area (Å²) in [4.78, 5) is 25.3. The molecule has 8 heteroatoms. The van der Waals surface area contributed by atoms with E-state index in [-0.39, 0.29) is 11.0 Å². The van der Waals surface area contributed by atoms with E-state index < -0.39 is 17.7 Å². The van der Waals surface area contributed by atoms with Crippen LogP contribution in [0, 0.1) is 0 Å². The summed E-state index contributed by atoms with van der Waals surface area (Å²) in [6, 6.07) is 0. The van der Waals surface area contributed by atoms with Crippen molar-refractivity contribution >= 4 is 28.7 Å². The molecule has 16 heavy (non-hydrogen) atoms. The molecule has 2 N–H and O–H groups in total. The number of hydrogen-bond donors (Lipinski definition) is 2. The van der Waals surface area contributed by atoms with Gasteiger partial charge in [-0.2, -0.15) is 9.36 Å². The Morgan fingerprint density at radius 1 is 1.44 bits per heavy atom. The zero-order valence-corrected chi connectivity index (χ0v) is 9.79. The highest BCUT2D eigenvalue weighted by Gasteiger charge is 2.18. The van der Waals surface area contributed by atoms with Gasteiger partial charge in [0.1, 0.15) is 5.60 Å². The lowest BCUT2D eigenvalue weighted by Gasteiger charge is -2.18. The Hall–Kier alpha value is -1.70. The lowest BCUT2D eigenvalue weighted by Crippen LogP contribution is -2.27. The number of aromatic nitrogens is 2. The summed E-state index contributed by atoms with van der Waals surface area (Å²) >= 11 is 0.778. The number of carboxylic acids is 1. The van der Waals surface area contributed by atoms with Gasteiger partial charge in [-0.05, 0) is 20.8 Å². The summed E-state index contributed by atoms with van der Waals surface area (Å²) in [5.41, 5.74) is -0.621. The van der Waals surface area contributed by atoms with Gasteiger partial charge < -0.3 is 9.84 Å². The zero-order chi connectivity index (χ0) is 12.3. The fourth-order valence-corrected chi connectivity index (χ4v) is 1.30. The summed E-state index contributed by atoms with van der Waals surface area (Å²) in [5.74, 6) is -1.59. The maximum absolute atomic E-state index is 11.3. The highest BCUT2D eigenvalue weighted by Crippen LogP contribution is 2.13. The van der Waals surface area contributed by atoms with Crippen molar-refractivity contribution in [1.29, 1.82) is 0 Å². The van der Waals surface area contributed by atoms with E-state index in [0.717, 1.165) is 11.5 Å². The fourth-order valence-electron chi connectivity index (χ4n) is 0.752. The van der Waals surface area contributed by atoms with Gasteiger partial charge in [-0.15, -0.1) is 0 Å². The molecule has 7 nitrogen and oxygen atoms in total. The van der Waals surface area contributed by atoms with Gasteiger partial charge in [0.15, 0.2) is 0 Å². The van der Waals surface area contributed by atoms with Gasteiger partial charge in [0, 0.05) is 11.5 Å². The van der Waals surface area contributed by atoms with Gasteiger partial charge >= 0.3 is 12.1 Å². The van der Waals surface area contributed by atoms with Crippen LogP contribution in [0.3, 0.4) is 0 Å². The zero-order valence-electron chi connectivity index (χ0n) is 8.97. The van der Waals surface area contributed by atoms with Crippen molar-refractivity contribution in [3.8, 4) is 0 Å². The number of ether oxygens (including phenoxy) is 1. The standard InChI is InChI=1S/C8H11N3O4S/c1-8(2,3)15-7(14)10-6-9-4(5(12)13)11-16-6/h1-3H3,(H,12,13)(H,9,10,11,14). The van der Waals surface area contributed by atoms with Crippen LogP contribution >= 0.6 is 11.5 Å². The Labute approximate surface area is 95.6 Å². The second-order valence-corrected chi connectivity index (χ2v) is 4.61. The first-order chi connectivity index (χ1) is 7.28. The molecular weight excluding hydrogens is 234 g/mol. The van der Waals surface area contributed by atoms with Crippen molar-refractivity contribution in [1.82, 2.24) is 9.36 Å². The van der Waals surface area contributed by atoms with Gasteiger partial charge in [0.25, 0.3) is 5.82 Å². The van der Waals surface area contributed by atoms with E-state index in [0.29, 0.717) is 0 Å². The van der Waals surface area contributed by atoms with Crippen molar-refractivity contribution in [2.75, 3.05) is 5.32 Å². The third kappa shape index (κ3) is 3.81. The summed E-state index contributed by atoms with van der Waals surface area (Å²) in [7, 11) is 0. The van der Waals surface area contributed by atoms with Crippen molar-refractivity contribution in [2.45, 2.75) is 26.4 Å². The Bertz CT molecular complexity index is 410. The third-order valence-corrected chi connectivity index (χ3v) is 1.86. The first-order valence-electron chi connectivity index (χ1n) is 4.35. The molecule has 0 unspecified atom stereocenters. The molecule has 0 fully saturated rings. The molecule has 0 saturated carbocycles. The van der Waals surface area contributed by atoms with Crippen molar-refractivity contribution in [3.05, 3.63) is 5.82 Å². The monoisotopic (exact) mass is 245 g/mol. The Balaban J connectivity index is 2.60. The number of hydrogen-bond acceptors (Lipinski definition) is 6. The van der Waals surface area contributed by atoms with Crippen LogP contribution in [0.15, 0.2) is 0 Å². The number of aromatic carboxylic acids is 1. The summed E-state index contributed by atoms with van der Waals surface area (Å²) in [6.07, 6.45) is -0.694. The van der Waals surface area contributed by atoms with Crippen molar-refractivity contribution in [3.63, 3.8) is 0 Å². The van der Waals surface area contributed by atoms with E-state index >= 15 is 0 Å². The molecule has 1 aromatic heterocycles. The van der Waals surface area contributed by atoms with Crippen LogP contribution in [0.1, 0.15) is 31.4 Å². The summed E-state index contributed by atoms with van der Waals surface area (Å²) in [5, 5.41) is 10.9. The van der Waals surface area contributed by atoms with Crippen LogP contribution in [-0.4, -0.2) is 32.1 Å². The molecule has 0 aliphatic rings. The quantitative estimate of drug-likeness (QED) is 0.820. The number of carbonyl (C=O) groups is 2. The minimum Gasteiger partial charge on any atom is -0.475 e. The number of nitrogens with zero attached hydrogens (tertiary/aromatic N) is 2. The van der Waals surface area contributed by atoms with Crippen LogP contribution in [0.5, 0.6) is 0 Å². The second-order valence-electron chi connectivity index (χ2n) is 3.86. The largest absolute Gasteiger partial charge is 0.475 e. The minimum absolute atomic E-state index is 0.0895. The normalized spacial score (nSPS) is 10.9. The molecule has 0 bridgehead atoms. The van der Waals surface area contributed by atoms with E-state index in [2.05, 4.69) is 14.7 Å². The van der Waals surface area contributed by atoms with E-state index in [1.165, 1.54) is 0 Å². The maximum atomic E-state index is 11.3. The molecular formula is C8H11N3O4S. The maximum Gasteiger partial charge on any atom is 0.414 e. The van der Waals surface area contributed by atoms with E-state index in [4.69, 9.17) is 9.84 Å². The second kappa shape index (κ2) is 4.44. The van der Waals surface area contributed by atoms with Gasteiger partial charge in [0.2, 0.25) is 5.13 Å². The Morgan fingerprint density at radius 2 is 2.06 bits per heavy atom.